The van der Waals surface area contributed by atoms with Crippen LogP contribution in [0.25, 0.3) is 0 Å². The van der Waals surface area contributed by atoms with Crippen LogP contribution < -0.4 is 5.32 Å². The summed E-state index contributed by atoms with van der Waals surface area (Å²) in [4.78, 5) is 0. The molecule has 0 radical (unpaired) electrons. The van der Waals surface area contributed by atoms with Crippen molar-refractivity contribution in [2.45, 2.75) is 44.4 Å². The molecule has 0 bridgehead atoms. The highest BCUT2D eigenvalue weighted by Crippen LogP contribution is 2.37. The number of hydrogen-bond acceptors (Lipinski definition) is 2. The lowest BCUT2D eigenvalue weighted by molar-refractivity contribution is -0.183. The summed E-state index contributed by atoms with van der Waals surface area (Å²) < 4.78 is 51.1. The standard InChI is InChI=1S/C14H17F4NO/c15-12-6-9(4-5-13(12)20)8-19-11-3-1-2-10(7-11)14(16,17)18/h4-6,10-11,19-20H,1-3,7-8H2. The minimum absolute atomic E-state index is 0.0735. The smallest absolute Gasteiger partial charge is 0.391 e. The molecule has 0 heterocycles. The van der Waals surface area contributed by atoms with E-state index in [-0.39, 0.29) is 18.9 Å². The van der Waals surface area contributed by atoms with Crippen molar-refractivity contribution in [3.8, 4) is 5.75 Å². The molecule has 1 aliphatic rings. The zero-order chi connectivity index (χ0) is 14.8. The monoisotopic (exact) mass is 291 g/mol. The molecular formula is C14H17F4NO. The van der Waals surface area contributed by atoms with Crippen LogP contribution in [0.1, 0.15) is 31.2 Å². The van der Waals surface area contributed by atoms with Crippen molar-refractivity contribution >= 4 is 0 Å². The van der Waals surface area contributed by atoms with Gasteiger partial charge in [0.05, 0.1) is 5.92 Å². The number of phenols is 1. The van der Waals surface area contributed by atoms with Gasteiger partial charge < -0.3 is 10.4 Å². The molecule has 1 aromatic rings. The van der Waals surface area contributed by atoms with Gasteiger partial charge in [-0.3, -0.25) is 0 Å². The molecule has 0 spiro atoms. The van der Waals surface area contributed by atoms with E-state index in [9.17, 15) is 17.6 Å². The Hall–Kier alpha value is -1.30. The van der Waals surface area contributed by atoms with Gasteiger partial charge >= 0.3 is 6.18 Å². The molecule has 0 amide bonds. The molecule has 2 atom stereocenters. The number of nitrogens with one attached hydrogen (secondary N) is 1. The topological polar surface area (TPSA) is 32.3 Å². The second-order valence-electron chi connectivity index (χ2n) is 5.27. The molecule has 2 nitrogen and oxygen atoms in total. The van der Waals surface area contributed by atoms with Crippen molar-refractivity contribution in [3.05, 3.63) is 29.6 Å². The molecule has 1 aliphatic carbocycles. The number of alkyl halides is 3. The van der Waals surface area contributed by atoms with E-state index in [1.165, 1.54) is 12.1 Å². The van der Waals surface area contributed by atoms with Crippen LogP contribution in [0.5, 0.6) is 5.75 Å². The van der Waals surface area contributed by atoms with Gasteiger partial charge in [0, 0.05) is 12.6 Å². The van der Waals surface area contributed by atoms with Crippen LogP contribution in [0.2, 0.25) is 0 Å². The second kappa shape index (κ2) is 5.99. The first kappa shape index (κ1) is 15.1. The van der Waals surface area contributed by atoms with Gasteiger partial charge in [0.15, 0.2) is 11.6 Å². The van der Waals surface area contributed by atoms with Gasteiger partial charge in [0.2, 0.25) is 0 Å². The lowest BCUT2D eigenvalue weighted by atomic mass is 9.85. The van der Waals surface area contributed by atoms with Crippen molar-refractivity contribution in [2.24, 2.45) is 5.92 Å². The van der Waals surface area contributed by atoms with E-state index in [2.05, 4.69) is 5.32 Å². The van der Waals surface area contributed by atoms with Gasteiger partial charge in [0.25, 0.3) is 0 Å². The van der Waals surface area contributed by atoms with Gasteiger partial charge in [-0.1, -0.05) is 12.5 Å². The van der Waals surface area contributed by atoms with Crippen molar-refractivity contribution < 1.29 is 22.7 Å². The Balaban J connectivity index is 1.88. The maximum atomic E-state index is 13.1. The number of benzene rings is 1. The third-order valence-electron chi connectivity index (χ3n) is 3.74. The van der Waals surface area contributed by atoms with Crippen LogP contribution in [0.3, 0.4) is 0 Å². The Kier molecular flexibility index (Phi) is 4.52. The van der Waals surface area contributed by atoms with E-state index < -0.39 is 23.7 Å². The molecule has 1 aromatic carbocycles. The van der Waals surface area contributed by atoms with Crippen molar-refractivity contribution in [1.29, 1.82) is 0 Å². The van der Waals surface area contributed by atoms with Crippen molar-refractivity contribution in [1.82, 2.24) is 5.32 Å². The van der Waals surface area contributed by atoms with Crippen LogP contribution in [0.4, 0.5) is 17.6 Å². The van der Waals surface area contributed by atoms with E-state index in [1.807, 2.05) is 0 Å². The molecule has 1 fully saturated rings. The summed E-state index contributed by atoms with van der Waals surface area (Å²) in [6, 6.07) is 3.78. The van der Waals surface area contributed by atoms with Gasteiger partial charge in [-0.15, -0.1) is 0 Å². The van der Waals surface area contributed by atoms with Crippen LogP contribution in [0.15, 0.2) is 18.2 Å². The normalized spacial score (nSPS) is 23.8. The van der Waals surface area contributed by atoms with E-state index in [1.54, 1.807) is 6.07 Å². The number of hydrogen-bond donors (Lipinski definition) is 2. The summed E-state index contributed by atoms with van der Waals surface area (Å²) in [5.41, 5.74) is 0.606. The molecule has 2 N–H and O–H groups in total. The van der Waals surface area contributed by atoms with Crippen molar-refractivity contribution in [3.63, 3.8) is 0 Å². The van der Waals surface area contributed by atoms with Crippen LogP contribution in [-0.2, 0) is 6.54 Å². The average molecular weight is 291 g/mol. The number of phenolic OH excluding ortho intramolecular Hbond substituents is 1. The predicted octanol–water partition coefficient (Wildman–Crippen LogP) is 3.74. The fourth-order valence-electron chi connectivity index (χ4n) is 2.60. The van der Waals surface area contributed by atoms with E-state index >= 15 is 0 Å². The molecule has 0 aromatic heterocycles. The van der Waals surface area contributed by atoms with E-state index in [0.29, 0.717) is 24.9 Å². The first-order valence-corrected chi connectivity index (χ1v) is 6.64. The Morgan fingerprint density at radius 1 is 1.25 bits per heavy atom. The Morgan fingerprint density at radius 2 is 2.00 bits per heavy atom. The Labute approximate surface area is 114 Å². The molecule has 0 saturated heterocycles. The summed E-state index contributed by atoms with van der Waals surface area (Å²) >= 11 is 0. The average Bonchev–Trinajstić information content (AvgIpc) is 2.39. The Bertz CT molecular complexity index is 461. The summed E-state index contributed by atoms with van der Waals surface area (Å²) in [6.07, 6.45) is -2.62. The van der Waals surface area contributed by atoms with E-state index in [0.717, 1.165) is 0 Å². The first-order chi connectivity index (χ1) is 9.36. The lowest BCUT2D eigenvalue weighted by Gasteiger charge is -2.31. The highest BCUT2D eigenvalue weighted by molar-refractivity contribution is 5.27. The number of halogens is 4. The number of aromatic hydroxyl groups is 1. The zero-order valence-corrected chi connectivity index (χ0v) is 10.9. The summed E-state index contributed by atoms with van der Waals surface area (Å²) in [5, 5.41) is 12.1. The highest BCUT2D eigenvalue weighted by atomic mass is 19.4. The second-order valence-corrected chi connectivity index (χ2v) is 5.27. The fourth-order valence-corrected chi connectivity index (χ4v) is 2.60. The van der Waals surface area contributed by atoms with Crippen LogP contribution >= 0.6 is 0 Å². The fraction of sp³-hybridized carbons (Fsp3) is 0.571. The molecule has 6 heteroatoms. The maximum absolute atomic E-state index is 13.1. The summed E-state index contributed by atoms with van der Waals surface area (Å²) in [7, 11) is 0. The third kappa shape index (κ3) is 3.85. The van der Waals surface area contributed by atoms with E-state index in [4.69, 9.17) is 5.11 Å². The SMILES string of the molecule is Oc1ccc(CNC2CCCC(C(F)(F)F)C2)cc1F. The minimum atomic E-state index is -4.13. The zero-order valence-electron chi connectivity index (χ0n) is 10.9. The molecular weight excluding hydrogens is 274 g/mol. The lowest BCUT2D eigenvalue weighted by Crippen LogP contribution is -2.38. The first-order valence-electron chi connectivity index (χ1n) is 6.64. The maximum Gasteiger partial charge on any atom is 0.391 e. The highest BCUT2D eigenvalue weighted by Gasteiger charge is 2.41. The molecule has 112 valence electrons. The summed E-state index contributed by atoms with van der Waals surface area (Å²) in [6.45, 7) is 0.298. The minimum Gasteiger partial charge on any atom is -0.505 e. The van der Waals surface area contributed by atoms with Gasteiger partial charge in [-0.25, -0.2) is 4.39 Å². The molecule has 2 unspecified atom stereocenters. The van der Waals surface area contributed by atoms with Gasteiger partial charge in [-0.2, -0.15) is 13.2 Å². The number of rotatable bonds is 3. The molecule has 0 aliphatic heterocycles. The predicted molar refractivity (Wildman–Crippen MR) is 66.7 cm³/mol. The van der Waals surface area contributed by atoms with Crippen molar-refractivity contribution in [2.75, 3.05) is 0 Å². The quantitative estimate of drug-likeness (QED) is 0.831. The Morgan fingerprint density at radius 3 is 2.65 bits per heavy atom. The van der Waals surface area contributed by atoms with Crippen LogP contribution in [0, 0.1) is 11.7 Å². The molecule has 2 rings (SSSR count). The third-order valence-corrected chi connectivity index (χ3v) is 3.74. The molecule has 20 heavy (non-hydrogen) atoms. The van der Waals surface area contributed by atoms with Gasteiger partial charge in [-0.05, 0) is 37.0 Å². The van der Waals surface area contributed by atoms with Crippen LogP contribution in [-0.4, -0.2) is 17.3 Å². The molecule has 1 saturated carbocycles. The summed E-state index contributed by atoms with van der Waals surface area (Å²) in [5.74, 6) is -2.39. The van der Waals surface area contributed by atoms with Gasteiger partial charge in [0.1, 0.15) is 0 Å². The largest absolute Gasteiger partial charge is 0.505 e.